The van der Waals surface area contributed by atoms with Gasteiger partial charge in [-0.2, -0.15) is 0 Å². The van der Waals surface area contributed by atoms with Crippen LogP contribution in [0.5, 0.6) is 11.5 Å². The van der Waals surface area contributed by atoms with Crippen LogP contribution < -0.4 is 14.8 Å². The molecule has 0 radical (unpaired) electrons. The monoisotopic (exact) mass is 340 g/mol. The van der Waals surface area contributed by atoms with E-state index in [1.165, 1.54) is 0 Å². The van der Waals surface area contributed by atoms with Crippen LogP contribution in [0.2, 0.25) is 0 Å². The van der Waals surface area contributed by atoms with Gasteiger partial charge in [-0.15, -0.1) is 10.2 Å². The minimum absolute atomic E-state index is 0.0468. The molecular formula is C18H20N4O3. The Hall–Kier alpha value is -3.09. The molecule has 0 saturated carbocycles. The van der Waals surface area contributed by atoms with Gasteiger partial charge in [0, 0.05) is 18.7 Å². The van der Waals surface area contributed by atoms with Crippen LogP contribution in [0.25, 0.3) is 5.65 Å². The minimum Gasteiger partial charge on any atom is -0.497 e. The number of carbonyl (C=O) groups is 1. The number of ether oxygens (including phenoxy) is 2. The number of rotatable bonds is 7. The largest absolute Gasteiger partial charge is 0.497 e. The van der Waals surface area contributed by atoms with Gasteiger partial charge in [0.25, 0.3) is 0 Å². The highest BCUT2D eigenvalue weighted by Crippen LogP contribution is 2.23. The zero-order valence-electron chi connectivity index (χ0n) is 14.2. The smallest absolute Gasteiger partial charge is 0.220 e. The van der Waals surface area contributed by atoms with Gasteiger partial charge in [0.2, 0.25) is 5.91 Å². The number of pyridine rings is 1. The summed E-state index contributed by atoms with van der Waals surface area (Å²) in [6, 6.07) is 11.3. The van der Waals surface area contributed by atoms with Crippen LogP contribution in [0.1, 0.15) is 17.8 Å². The summed E-state index contributed by atoms with van der Waals surface area (Å²) >= 11 is 0. The molecule has 0 bridgehead atoms. The number of benzene rings is 1. The Bertz CT molecular complexity index is 853. The van der Waals surface area contributed by atoms with Gasteiger partial charge in [-0.1, -0.05) is 6.07 Å². The van der Waals surface area contributed by atoms with E-state index < -0.39 is 0 Å². The number of amides is 1. The summed E-state index contributed by atoms with van der Waals surface area (Å²) in [6.07, 6.45) is 2.84. The lowest BCUT2D eigenvalue weighted by Gasteiger charge is -2.08. The molecule has 0 spiro atoms. The van der Waals surface area contributed by atoms with Gasteiger partial charge in [-0.3, -0.25) is 9.20 Å². The summed E-state index contributed by atoms with van der Waals surface area (Å²) in [5, 5.41) is 11.0. The predicted octanol–water partition coefficient (Wildman–Crippen LogP) is 2.00. The molecule has 7 heteroatoms. The third-order valence-electron chi connectivity index (χ3n) is 3.88. The van der Waals surface area contributed by atoms with Crippen LogP contribution in [0, 0.1) is 0 Å². The molecule has 1 N–H and O–H groups in total. The highest BCUT2D eigenvalue weighted by atomic mass is 16.5. The number of aryl methyl sites for hydroxylation is 1. The maximum absolute atomic E-state index is 12.1. The molecule has 0 unspecified atom stereocenters. The molecular weight excluding hydrogens is 320 g/mol. The van der Waals surface area contributed by atoms with Gasteiger partial charge in [0.15, 0.2) is 11.5 Å². The Morgan fingerprint density at radius 1 is 1.12 bits per heavy atom. The average molecular weight is 340 g/mol. The fourth-order valence-corrected chi connectivity index (χ4v) is 2.55. The lowest BCUT2D eigenvalue weighted by atomic mass is 10.1. The first-order valence-electron chi connectivity index (χ1n) is 7.97. The molecule has 0 aliphatic heterocycles. The molecule has 7 nitrogen and oxygen atoms in total. The molecule has 1 aromatic carbocycles. The molecule has 3 rings (SSSR count). The van der Waals surface area contributed by atoms with Crippen molar-refractivity contribution in [3.05, 3.63) is 54.0 Å². The molecule has 2 heterocycles. The van der Waals surface area contributed by atoms with E-state index in [0.717, 1.165) is 11.2 Å². The molecule has 0 aliphatic carbocycles. The van der Waals surface area contributed by atoms with Gasteiger partial charge in [0.1, 0.15) is 11.5 Å². The Kier molecular flexibility index (Phi) is 5.13. The van der Waals surface area contributed by atoms with E-state index in [1.54, 1.807) is 20.3 Å². The average Bonchev–Trinajstić information content (AvgIpc) is 3.07. The number of carbonyl (C=O) groups excluding carboxylic acids is 1. The molecule has 25 heavy (non-hydrogen) atoms. The van der Waals surface area contributed by atoms with Crippen molar-refractivity contribution >= 4 is 11.6 Å². The van der Waals surface area contributed by atoms with Crippen molar-refractivity contribution in [3.63, 3.8) is 0 Å². The van der Waals surface area contributed by atoms with Crippen molar-refractivity contribution < 1.29 is 14.3 Å². The molecule has 2 aromatic heterocycles. The fourth-order valence-electron chi connectivity index (χ4n) is 2.55. The maximum atomic E-state index is 12.1. The number of fused-ring (bicyclic) bond motifs is 1. The van der Waals surface area contributed by atoms with E-state index in [4.69, 9.17) is 9.47 Å². The van der Waals surface area contributed by atoms with Crippen molar-refractivity contribution in [2.24, 2.45) is 0 Å². The van der Waals surface area contributed by atoms with E-state index in [2.05, 4.69) is 15.5 Å². The fraction of sp³-hybridized carbons (Fsp3) is 0.278. The number of aromatic nitrogens is 3. The molecule has 1 amide bonds. The summed E-state index contributed by atoms with van der Waals surface area (Å²) in [5.41, 5.74) is 1.74. The van der Waals surface area contributed by atoms with E-state index in [9.17, 15) is 4.79 Å². The van der Waals surface area contributed by atoms with Gasteiger partial charge < -0.3 is 14.8 Å². The summed E-state index contributed by atoms with van der Waals surface area (Å²) in [6.45, 7) is 0.339. The second kappa shape index (κ2) is 7.65. The summed E-state index contributed by atoms with van der Waals surface area (Å²) in [4.78, 5) is 12.1. The SMILES string of the molecule is COc1cc(CCC(=O)NCc2nnc3ccccn23)cc(OC)c1. The van der Waals surface area contributed by atoms with Crippen molar-refractivity contribution in [3.8, 4) is 11.5 Å². The number of hydrogen-bond acceptors (Lipinski definition) is 5. The second-order valence-electron chi connectivity index (χ2n) is 5.54. The maximum Gasteiger partial charge on any atom is 0.220 e. The molecule has 0 fully saturated rings. The van der Waals surface area contributed by atoms with Crippen LogP contribution in [-0.2, 0) is 17.8 Å². The van der Waals surface area contributed by atoms with Crippen LogP contribution in [0.3, 0.4) is 0 Å². The number of nitrogens with one attached hydrogen (secondary N) is 1. The van der Waals surface area contributed by atoms with Crippen molar-refractivity contribution in [2.45, 2.75) is 19.4 Å². The van der Waals surface area contributed by atoms with Crippen LogP contribution >= 0.6 is 0 Å². The van der Waals surface area contributed by atoms with Gasteiger partial charge in [-0.05, 0) is 36.2 Å². The molecule has 0 aliphatic rings. The zero-order chi connectivity index (χ0) is 17.6. The Balaban J connectivity index is 1.56. The van der Waals surface area contributed by atoms with E-state index in [1.807, 2.05) is 40.9 Å². The summed E-state index contributed by atoms with van der Waals surface area (Å²) in [7, 11) is 3.21. The summed E-state index contributed by atoms with van der Waals surface area (Å²) < 4.78 is 12.3. The topological polar surface area (TPSA) is 77.8 Å². The summed E-state index contributed by atoms with van der Waals surface area (Å²) in [5.74, 6) is 2.08. The van der Waals surface area contributed by atoms with Crippen molar-refractivity contribution in [1.82, 2.24) is 19.9 Å². The lowest BCUT2D eigenvalue weighted by Crippen LogP contribution is -2.24. The first-order valence-corrected chi connectivity index (χ1v) is 7.97. The molecule has 3 aromatic rings. The van der Waals surface area contributed by atoms with Gasteiger partial charge >= 0.3 is 0 Å². The molecule has 0 atom stereocenters. The molecule has 130 valence electrons. The van der Waals surface area contributed by atoms with Crippen LogP contribution in [0.4, 0.5) is 0 Å². The predicted molar refractivity (Wildman–Crippen MR) is 92.7 cm³/mol. The third-order valence-corrected chi connectivity index (χ3v) is 3.88. The molecule has 0 saturated heterocycles. The first-order chi connectivity index (χ1) is 12.2. The van der Waals surface area contributed by atoms with Gasteiger partial charge in [0.05, 0.1) is 20.8 Å². The van der Waals surface area contributed by atoms with Crippen molar-refractivity contribution in [1.29, 1.82) is 0 Å². The van der Waals surface area contributed by atoms with E-state index in [-0.39, 0.29) is 5.91 Å². The van der Waals surface area contributed by atoms with E-state index in [0.29, 0.717) is 36.7 Å². The Morgan fingerprint density at radius 3 is 2.60 bits per heavy atom. The van der Waals surface area contributed by atoms with Gasteiger partial charge in [-0.25, -0.2) is 0 Å². The van der Waals surface area contributed by atoms with Crippen LogP contribution in [-0.4, -0.2) is 34.7 Å². The standard InChI is InChI=1S/C18H20N4O3/c1-24-14-9-13(10-15(11-14)25-2)6-7-18(23)19-12-17-21-20-16-5-3-4-8-22(16)17/h3-5,8-11H,6-7,12H2,1-2H3,(H,19,23). The number of nitrogens with zero attached hydrogens (tertiary/aromatic N) is 3. The van der Waals surface area contributed by atoms with E-state index >= 15 is 0 Å². The number of methoxy groups -OCH3 is 2. The quantitative estimate of drug-likeness (QED) is 0.712. The lowest BCUT2D eigenvalue weighted by molar-refractivity contribution is -0.121. The second-order valence-corrected chi connectivity index (χ2v) is 5.54. The van der Waals surface area contributed by atoms with Crippen molar-refractivity contribution in [2.75, 3.05) is 14.2 Å². The highest BCUT2D eigenvalue weighted by Gasteiger charge is 2.08. The highest BCUT2D eigenvalue weighted by molar-refractivity contribution is 5.76. The normalized spacial score (nSPS) is 10.6. The zero-order valence-corrected chi connectivity index (χ0v) is 14.2. The van der Waals surface area contributed by atoms with Crippen LogP contribution in [0.15, 0.2) is 42.6 Å². The minimum atomic E-state index is -0.0468. The first kappa shape index (κ1) is 16.8. The Labute approximate surface area is 145 Å². The third kappa shape index (κ3) is 4.06. The Morgan fingerprint density at radius 2 is 1.88 bits per heavy atom. The number of hydrogen-bond donors (Lipinski definition) is 1.